The number of amides is 1. The Morgan fingerprint density at radius 1 is 1.10 bits per heavy atom. The normalized spacial score (nSPS) is 16.2. The Labute approximate surface area is 185 Å². The summed E-state index contributed by atoms with van der Waals surface area (Å²) in [7, 11) is 3.74. The standard InChI is InChI=1S/C25H33N3O3/c1-4-8-20-11-12-23(24(17-20)30-3)31-19-25(29)26-22(21-9-6-5-7-10-21)18-28-15-13-27(2)14-16-28/h4-12,17,22H,13-16,18-19H2,1-3H3,(H,26,29)/b8-4+. The summed E-state index contributed by atoms with van der Waals surface area (Å²) in [5.41, 5.74) is 2.12. The van der Waals surface area contributed by atoms with Crippen LogP contribution in [0.1, 0.15) is 24.1 Å². The van der Waals surface area contributed by atoms with Gasteiger partial charge in [0.15, 0.2) is 18.1 Å². The molecule has 0 bridgehead atoms. The molecule has 0 aromatic heterocycles. The van der Waals surface area contributed by atoms with Crippen LogP contribution in [0.4, 0.5) is 0 Å². The summed E-state index contributed by atoms with van der Waals surface area (Å²) in [4.78, 5) is 17.5. The minimum atomic E-state index is -0.150. The Bertz CT molecular complexity index is 862. The highest BCUT2D eigenvalue weighted by atomic mass is 16.5. The number of nitrogens with zero attached hydrogens (tertiary/aromatic N) is 2. The van der Waals surface area contributed by atoms with Crippen molar-refractivity contribution in [1.82, 2.24) is 15.1 Å². The first-order chi connectivity index (χ1) is 15.1. The molecular formula is C25H33N3O3. The smallest absolute Gasteiger partial charge is 0.258 e. The van der Waals surface area contributed by atoms with Crippen molar-refractivity contribution in [2.45, 2.75) is 13.0 Å². The maximum atomic E-state index is 12.7. The number of hydrogen-bond donors (Lipinski definition) is 1. The summed E-state index contributed by atoms with van der Waals surface area (Å²) >= 11 is 0. The maximum absolute atomic E-state index is 12.7. The van der Waals surface area contributed by atoms with Gasteiger partial charge in [-0.1, -0.05) is 48.6 Å². The van der Waals surface area contributed by atoms with Gasteiger partial charge in [0.25, 0.3) is 5.91 Å². The molecule has 3 rings (SSSR count). The van der Waals surface area contributed by atoms with E-state index in [2.05, 4.69) is 34.3 Å². The zero-order chi connectivity index (χ0) is 22.1. The van der Waals surface area contributed by atoms with Gasteiger partial charge in [-0.25, -0.2) is 0 Å². The molecule has 1 saturated heterocycles. The van der Waals surface area contributed by atoms with Gasteiger partial charge in [-0.05, 0) is 37.2 Å². The number of nitrogens with one attached hydrogen (secondary N) is 1. The molecule has 0 radical (unpaired) electrons. The lowest BCUT2D eigenvalue weighted by Crippen LogP contribution is -2.48. The van der Waals surface area contributed by atoms with Crippen LogP contribution in [0, 0.1) is 0 Å². The molecule has 1 aliphatic heterocycles. The SMILES string of the molecule is C/C=C/c1ccc(OCC(=O)NC(CN2CCN(C)CC2)c2ccccc2)c(OC)c1. The second-order valence-electron chi connectivity index (χ2n) is 7.83. The average molecular weight is 424 g/mol. The van der Waals surface area contributed by atoms with Crippen LogP contribution in [0.15, 0.2) is 54.6 Å². The summed E-state index contributed by atoms with van der Waals surface area (Å²) < 4.78 is 11.2. The molecular weight excluding hydrogens is 390 g/mol. The zero-order valence-corrected chi connectivity index (χ0v) is 18.7. The average Bonchev–Trinajstić information content (AvgIpc) is 2.80. The fourth-order valence-electron chi connectivity index (χ4n) is 3.69. The molecule has 1 N–H and O–H groups in total. The van der Waals surface area contributed by atoms with Crippen LogP contribution in [-0.4, -0.2) is 69.2 Å². The summed E-state index contributed by atoms with van der Waals surface area (Å²) in [5, 5.41) is 3.16. The Morgan fingerprint density at radius 3 is 2.52 bits per heavy atom. The predicted molar refractivity (Wildman–Crippen MR) is 124 cm³/mol. The Morgan fingerprint density at radius 2 is 1.84 bits per heavy atom. The molecule has 1 fully saturated rings. The Balaban J connectivity index is 1.62. The van der Waals surface area contributed by atoms with Crippen molar-refractivity contribution in [3.05, 3.63) is 65.7 Å². The van der Waals surface area contributed by atoms with E-state index >= 15 is 0 Å². The summed E-state index contributed by atoms with van der Waals surface area (Å²) in [6.45, 7) is 6.77. The number of ether oxygens (including phenoxy) is 2. The third kappa shape index (κ3) is 6.84. The van der Waals surface area contributed by atoms with Crippen molar-refractivity contribution in [3.63, 3.8) is 0 Å². The molecule has 0 aliphatic carbocycles. The molecule has 6 heteroatoms. The largest absolute Gasteiger partial charge is 0.493 e. The maximum Gasteiger partial charge on any atom is 0.258 e. The monoisotopic (exact) mass is 423 g/mol. The van der Waals surface area contributed by atoms with E-state index in [0.29, 0.717) is 11.5 Å². The first kappa shape index (κ1) is 22.8. The molecule has 1 heterocycles. The van der Waals surface area contributed by atoms with Crippen LogP contribution >= 0.6 is 0 Å². The van der Waals surface area contributed by atoms with E-state index in [1.807, 2.05) is 55.5 Å². The van der Waals surface area contributed by atoms with E-state index in [9.17, 15) is 4.79 Å². The van der Waals surface area contributed by atoms with Gasteiger partial charge in [-0.15, -0.1) is 0 Å². The predicted octanol–water partition coefficient (Wildman–Crippen LogP) is 3.21. The van der Waals surface area contributed by atoms with Crippen molar-refractivity contribution in [2.75, 3.05) is 53.5 Å². The fraction of sp³-hybridized carbons (Fsp3) is 0.400. The number of benzene rings is 2. The Hall–Kier alpha value is -2.83. The van der Waals surface area contributed by atoms with Gasteiger partial charge in [-0.2, -0.15) is 0 Å². The minimum absolute atomic E-state index is 0.0641. The second kappa shape index (κ2) is 11.5. The first-order valence-corrected chi connectivity index (χ1v) is 10.8. The summed E-state index contributed by atoms with van der Waals surface area (Å²) in [6, 6.07) is 15.7. The topological polar surface area (TPSA) is 54.0 Å². The number of allylic oxidation sites excluding steroid dienone is 1. The lowest BCUT2D eigenvalue weighted by Gasteiger charge is -2.35. The number of rotatable bonds is 9. The lowest BCUT2D eigenvalue weighted by molar-refractivity contribution is -0.124. The van der Waals surface area contributed by atoms with E-state index in [1.165, 1.54) is 0 Å². The van der Waals surface area contributed by atoms with Crippen molar-refractivity contribution >= 4 is 12.0 Å². The minimum Gasteiger partial charge on any atom is -0.493 e. The van der Waals surface area contributed by atoms with Crippen molar-refractivity contribution in [3.8, 4) is 11.5 Å². The quantitative estimate of drug-likeness (QED) is 0.671. The number of carbonyl (C=O) groups is 1. The number of likely N-dealkylation sites (N-methyl/N-ethyl adjacent to an activating group) is 1. The van der Waals surface area contributed by atoms with Crippen LogP contribution in [-0.2, 0) is 4.79 Å². The van der Waals surface area contributed by atoms with E-state index in [0.717, 1.165) is 43.9 Å². The molecule has 0 spiro atoms. The van der Waals surface area contributed by atoms with Crippen LogP contribution in [0.3, 0.4) is 0 Å². The highest BCUT2D eigenvalue weighted by molar-refractivity contribution is 5.78. The zero-order valence-electron chi connectivity index (χ0n) is 18.7. The van der Waals surface area contributed by atoms with Crippen molar-refractivity contribution < 1.29 is 14.3 Å². The molecule has 0 saturated carbocycles. The van der Waals surface area contributed by atoms with Gasteiger partial charge < -0.3 is 19.7 Å². The molecule has 1 unspecified atom stereocenters. The number of carbonyl (C=O) groups excluding carboxylic acids is 1. The van der Waals surface area contributed by atoms with E-state index < -0.39 is 0 Å². The highest BCUT2D eigenvalue weighted by Gasteiger charge is 2.21. The molecule has 2 aromatic carbocycles. The van der Waals surface area contributed by atoms with Gasteiger partial charge in [-0.3, -0.25) is 9.69 Å². The van der Waals surface area contributed by atoms with Gasteiger partial charge in [0.05, 0.1) is 13.2 Å². The number of hydrogen-bond acceptors (Lipinski definition) is 5. The third-order valence-corrected chi connectivity index (χ3v) is 5.48. The molecule has 2 aromatic rings. The van der Waals surface area contributed by atoms with Gasteiger partial charge in [0.1, 0.15) is 0 Å². The van der Waals surface area contributed by atoms with E-state index in [1.54, 1.807) is 7.11 Å². The summed E-state index contributed by atoms with van der Waals surface area (Å²) in [6.07, 6.45) is 3.95. The van der Waals surface area contributed by atoms with Gasteiger partial charge in [0, 0.05) is 32.7 Å². The summed E-state index contributed by atoms with van der Waals surface area (Å²) in [5.74, 6) is 1.02. The van der Waals surface area contributed by atoms with E-state index in [-0.39, 0.29) is 18.6 Å². The fourth-order valence-corrected chi connectivity index (χ4v) is 3.69. The molecule has 1 amide bonds. The van der Waals surface area contributed by atoms with Crippen LogP contribution in [0.2, 0.25) is 0 Å². The van der Waals surface area contributed by atoms with Gasteiger partial charge >= 0.3 is 0 Å². The molecule has 31 heavy (non-hydrogen) atoms. The second-order valence-corrected chi connectivity index (χ2v) is 7.83. The number of piperazine rings is 1. The number of methoxy groups -OCH3 is 1. The van der Waals surface area contributed by atoms with Crippen LogP contribution in [0.25, 0.3) is 6.08 Å². The van der Waals surface area contributed by atoms with Crippen molar-refractivity contribution in [2.24, 2.45) is 0 Å². The van der Waals surface area contributed by atoms with Crippen LogP contribution < -0.4 is 14.8 Å². The molecule has 166 valence electrons. The first-order valence-electron chi connectivity index (χ1n) is 10.8. The Kier molecular flexibility index (Phi) is 8.50. The molecule has 6 nitrogen and oxygen atoms in total. The van der Waals surface area contributed by atoms with E-state index in [4.69, 9.17) is 9.47 Å². The molecule has 1 atom stereocenters. The van der Waals surface area contributed by atoms with Crippen molar-refractivity contribution in [1.29, 1.82) is 0 Å². The lowest BCUT2D eigenvalue weighted by atomic mass is 10.1. The molecule has 1 aliphatic rings. The van der Waals surface area contributed by atoms with Crippen LogP contribution in [0.5, 0.6) is 11.5 Å². The van der Waals surface area contributed by atoms with Gasteiger partial charge in [0.2, 0.25) is 0 Å². The third-order valence-electron chi connectivity index (χ3n) is 5.48. The highest BCUT2D eigenvalue weighted by Crippen LogP contribution is 2.28.